The first-order valence-corrected chi connectivity index (χ1v) is 13.8. The van der Waals surface area contributed by atoms with Gasteiger partial charge in [-0.25, -0.2) is 13.4 Å². The van der Waals surface area contributed by atoms with Gasteiger partial charge in [-0.3, -0.25) is 4.79 Å². The van der Waals surface area contributed by atoms with Gasteiger partial charge in [0.1, 0.15) is 11.0 Å². The summed E-state index contributed by atoms with van der Waals surface area (Å²) in [6.45, 7) is 4.39. The van der Waals surface area contributed by atoms with Crippen LogP contribution in [-0.2, 0) is 21.4 Å². The summed E-state index contributed by atoms with van der Waals surface area (Å²) in [6.07, 6.45) is 0. The molecule has 0 spiro atoms. The number of nitrogens with zero attached hydrogens (tertiary/aromatic N) is 2. The fourth-order valence-electron chi connectivity index (χ4n) is 3.43. The molecule has 1 atom stereocenters. The number of amides is 1. The Balaban J connectivity index is 1.43. The van der Waals surface area contributed by atoms with Crippen molar-refractivity contribution in [1.29, 1.82) is 0 Å². The van der Waals surface area contributed by atoms with Crippen LogP contribution in [0.5, 0.6) is 0 Å². The summed E-state index contributed by atoms with van der Waals surface area (Å²) in [5, 5.41) is 5.67. The van der Waals surface area contributed by atoms with Gasteiger partial charge in [0, 0.05) is 16.7 Å². The second-order valence-corrected chi connectivity index (χ2v) is 11.6. The van der Waals surface area contributed by atoms with Gasteiger partial charge >= 0.3 is 0 Å². The Bertz CT molecular complexity index is 1180. The smallest absolute Gasteiger partial charge is 0.244 e. The lowest BCUT2D eigenvalue weighted by atomic mass is 10.0. The molecule has 3 aromatic rings. The van der Waals surface area contributed by atoms with Gasteiger partial charge in [-0.2, -0.15) is 4.31 Å². The largest absolute Gasteiger partial charge is 0.349 e. The average molecular weight is 488 g/mol. The first-order chi connectivity index (χ1) is 15.4. The number of carbonyl (C=O) groups excluding carboxylic acids is 1. The molecule has 1 amide bonds. The second-order valence-electron chi connectivity index (χ2n) is 7.86. The molecule has 1 saturated heterocycles. The van der Waals surface area contributed by atoms with Gasteiger partial charge in [0.25, 0.3) is 0 Å². The molecule has 0 aliphatic carbocycles. The van der Waals surface area contributed by atoms with E-state index in [2.05, 4.69) is 24.1 Å². The van der Waals surface area contributed by atoms with Crippen molar-refractivity contribution in [1.82, 2.24) is 14.6 Å². The van der Waals surface area contributed by atoms with Crippen molar-refractivity contribution in [2.45, 2.75) is 37.2 Å². The molecule has 6 nitrogen and oxygen atoms in total. The quantitative estimate of drug-likeness (QED) is 0.537. The van der Waals surface area contributed by atoms with Crippen LogP contribution in [0.25, 0.3) is 10.6 Å². The molecule has 0 radical (unpaired) electrons. The minimum absolute atomic E-state index is 0.217. The Hall–Kier alpha value is -2.20. The summed E-state index contributed by atoms with van der Waals surface area (Å²) in [5.74, 6) is 0.718. The van der Waals surface area contributed by atoms with E-state index < -0.39 is 16.1 Å². The van der Waals surface area contributed by atoms with Crippen molar-refractivity contribution in [2.24, 2.45) is 0 Å². The number of carbonyl (C=O) groups is 1. The van der Waals surface area contributed by atoms with Crippen LogP contribution in [0.15, 0.2) is 64.9 Å². The van der Waals surface area contributed by atoms with Crippen LogP contribution in [-0.4, -0.2) is 41.3 Å². The highest BCUT2D eigenvalue weighted by atomic mass is 32.2. The summed E-state index contributed by atoms with van der Waals surface area (Å²) >= 11 is 2.96. The van der Waals surface area contributed by atoms with Gasteiger partial charge in [0.05, 0.1) is 23.0 Å². The van der Waals surface area contributed by atoms with Crippen LogP contribution in [0.2, 0.25) is 0 Å². The van der Waals surface area contributed by atoms with Crippen LogP contribution in [0.4, 0.5) is 0 Å². The van der Waals surface area contributed by atoms with Gasteiger partial charge in [-0.05, 0) is 23.6 Å². The number of hydrogen-bond acceptors (Lipinski definition) is 6. The lowest BCUT2D eigenvalue weighted by molar-refractivity contribution is -0.124. The predicted molar refractivity (Wildman–Crippen MR) is 130 cm³/mol. The molecule has 1 N–H and O–H groups in total. The van der Waals surface area contributed by atoms with E-state index in [1.807, 2.05) is 47.8 Å². The SMILES string of the molecule is CC(C)c1ccc(S(=O)(=O)N2CSC[C@@H]2C(=O)NCc2csc(-c3ccccc3)n2)cc1. The Kier molecular flexibility index (Phi) is 6.99. The van der Waals surface area contributed by atoms with E-state index in [9.17, 15) is 13.2 Å². The third kappa shape index (κ3) is 4.91. The minimum atomic E-state index is -3.75. The number of benzene rings is 2. The van der Waals surface area contributed by atoms with Gasteiger partial charge < -0.3 is 5.32 Å². The Morgan fingerprint density at radius 2 is 1.88 bits per heavy atom. The number of aromatic nitrogens is 1. The molecule has 2 aromatic carbocycles. The monoisotopic (exact) mass is 487 g/mol. The van der Waals surface area contributed by atoms with Crippen LogP contribution < -0.4 is 5.32 Å². The number of nitrogens with one attached hydrogen (secondary N) is 1. The molecular weight excluding hydrogens is 462 g/mol. The van der Waals surface area contributed by atoms with E-state index in [-0.39, 0.29) is 23.2 Å². The molecule has 0 saturated carbocycles. The Morgan fingerprint density at radius 1 is 1.16 bits per heavy atom. The van der Waals surface area contributed by atoms with Gasteiger partial charge in [0.2, 0.25) is 15.9 Å². The zero-order valence-electron chi connectivity index (χ0n) is 17.9. The number of sulfonamides is 1. The Morgan fingerprint density at radius 3 is 2.56 bits per heavy atom. The third-order valence-corrected chi connectivity index (χ3v) is 9.30. The van der Waals surface area contributed by atoms with Crippen molar-refractivity contribution >= 4 is 39.0 Å². The molecule has 0 bridgehead atoms. The molecule has 168 valence electrons. The van der Waals surface area contributed by atoms with E-state index in [4.69, 9.17) is 0 Å². The molecule has 9 heteroatoms. The van der Waals surface area contributed by atoms with Crippen LogP contribution in [0.1, 0.15) is 31.0 Å². The number of thiazole rings is 1. The highest BCUT2D eigenvalue weighted by Gasteiger charge is 2.40. The third-order valence-electron chi connectivity index (χ3n) is 5.31. The first kappa shape index (κ1) is 23.0. The maximum Gasteiger partial charge on any atom is 0.244 e. The number of hydrogen-bond donors (Lipinski definition) is 1. The Labute approximate surface area is 197 Å². The fourth-order valence-corrected chi connectivity index (χ4v) is 7.40. The number of rotatable bonds is 7. The highest BCUT2D eigenvalue weighted by molar-refractivity contribution is 8.00. The van der Waals surface area contributed by atoms with Crippen molar-refractivity contribution in [2.75, 3.05) is 11.6 Å². The predicted octanol–water partition coefficient (Wildman–Crippen LogP) is 4.31. The molecule has 1 fully saturated rings. The molecule has 32 heavy (non-hydrogen) atoms. The lowest BCUT2D eigenvalue weighted by Crippen LogP contribution is -2.46. The standard InChI is InChI=1S/C23H25N3O3S3/c1-16(2)17-8-10-20(11-9-17)32(28,29)26-15-30-14-21(26)22(27)24-12-19-13-31-23(25-19)18-6-4-3-5-7-18/h3-11,13,16,21H,12,14-15H2,1-2H3,(H,24,27)/t21-/m1/s1. The van der Waals surface area contributed by atoms with Crippen LogP contribution >= 0.6 is 23.1 Å². The van der Waals surface area contributed by atoms with E-state index >= 15 is 0 Å². The van der Waals surface area contributed by atoms with Crippen molar-refractivity contribution in [3.63, 3.8) is 0 Å². The van der Waals surface area contributed by atoms with E-state index in [1.165, 1.54) is 27.4 Å². The van der Waals surface area contributed by atoms with Crippen LogP contribution in [0.3, 0.4) is 0 Å². The van der Waals surface area contributed by atoms with Gasteiger partial charge in [0.15, 0.2) is 0 Å². The normalized spacial score (nSPS) is 17.0. The molecule has 1 aliphatic rings. The van der Waals surface area contributed by atoms with Crippen molar-refractivity contribution < 1.29 is 13.2 Å². The first-order valence-electron chi connectivity index (χ1n) is 10.3. The maximum absolute atomic E-state index is 13.2. The van der Waals surface area contributed by atoms with Gasteiger partial charge in [-0.1, -0.05) is 56.3 Å². The molecule has 1 aromatic heterocycles. The van der Waals surface area contributed by atoms with Crippen molar-refractivity contribution in [3.05, 3.63) is 71.2 Å². The van der Waals surface area contributed by atoms with Crippen molar-refractivity contribution in [3.8, 4) is 10.6 Å². The van der Waals surface area contributed by atoms with E-state index in [0.717, 1.165) is 21.8 Å². The summed E-state index contributed by atoms with van der Waals surface area (Å²) < 4.78 is 27.7. The van der Waals surface area contributed by atoms with E-state index in [0.29, 0.717) is 11.7 Å². The second kappa shape index (κ2) is 9.74. The van der Waals surface area contributed by atoms with Gasteiger partial charge in [-0.15, -0.1) is 23.1 Å². The molecule has 2 heterocycles. The maximum atomic E-state index is 13.2. The highest BCUT2D eigenvalue weighted by Crippen LogP contribution is 2.29. The van der Waals surface area contributed by atoms with Crippen LogP contribution in [0, 0.1) is 0 Å². The molecule has 4 rings (SSSR count). The zero-order valence-corrected chi connectivity index (χ0v) is 20.3. The molecule has 1 aliphatic heterocycles. The average Bonchev–Trinajstić information content (AvgIpc) is 3.48. The summed E-state index contributed by atoms with van der Waals surface area (Å²) in [4.78, 5) is 17.7. The topological polar surface area (TPSA) is 79.4 Å². The summed E-state index contributed by atoms with van der Waals surface area (Å²) in [6, 6.07) is 16.1. The minimum Gasteiger partial charge on any atom is -0.349 e. The number of thioether (sulfide) groups is 1. The molecular formula is C23H25N3O3S3. The summed E-state index contributed by atoms with van der Waals surface area (Å²) in [7, 11) is -3.75. The zero-order chi connectivity index (χ0) is 22.7. The molecule has 0 unspecified atom stereocenters. The van der Waals surface area contributed by atoms with E-state index in [1.54, 1.807) is 12.1 Å². The fraction of sp³-hybridized carbons (Fsp3) is 0.304. The lowest BCUT2D eigenvalue weighted by Gasteiger charge is -2.22. The summed E-state index contributed by atoms with van der Waals surface area (Å²) in [5.41, 5.74) is 2.86.